The van der Waals surface area contributed by atoms with Gasteiger partial charge in [0.25, 0.3) is 0 Å². The minimum Gasteiger partial charge on any atom is -0.389 e. The molecular weight excluding hydrogens is 264 g/mol. The number of rotatable bonds is 8. The highest BCUT2D eigenvalue weighted by atomic mass is 16.3. The van der Waals surface area contributed by atoms with Crippen molar-refractivity contribution in [1.82, 2.24) is 5.32 Å². The van der Waals surface area contributed by atoms with Crippen molar-refractivity contribution in [2.75, 3.05) is 11.9 Å². The summed E-state index contributed by atoms with van der Waals surface area (Å²) in [6.45, 7) is 8.39. The number of carbonyl (C=O) groups is 1. The molecule has 1 atom stereocenters. The van der Waals surface area contributed by atoms with Gasteiger partial charge in [0.2, 0.25) is 5.91 Å². The zero-order valence-electron chi connectivity index (χ0n) is 13.6. The summed E-state index contributed by atoms with van der Waals surface area (Å²) in [6.07, 6.45) is 1.80. The van der Waals surface area contributed by atoms with Gasteiger partial charge in [-0.15, -0.1) is 0 Å². The van der Waals surface area contributed by atoms with Crippen molar-refractivity contribution < 1.29 is 9.90 Å². The van der Waals surface area contributed by atoms with E-state index in [1.54, 1.807) is 0 Å². The van der Waals surface area contributed by atoms with Crippen molar-refractivity contribution >= 4 is 11.6 Å². The Morgan fingerprint density at radius 1 is 1.29 bits per heavy atom. The highest BCUT2D eigenvalue weighted by molar-refractivity contribution is 5.91. The fraction of sp³-hybridized carbons (Fsp3) is 0.588. The van der Waals surface area contributed by atoms with E-state index in [4.69, 9.17) is 0 Å². The van der Waals surface area contributed by atoms with Gasteiger partial charge in [0.1, 0.15) is 0 Å². The summed E-state index contributed by atoms with van der Waals surface area (Å²) < 4.78 is 0. The summed E-state index contributed by atoms with van der Waals surface area (Å²) in [4.78, 5) is 12.0. The molecule has 0 radical (unpaired) electrons. The molecule has 0 fully saturated rings. The first kappa shape index (κ1) is 17.7. The number of carbonyl (C=O) groups excluding carboxylic acids is 1. The lowest BCUT2D eigenvalue weighted by Gasteiger charge is -2.27. The largest absolute Gasteiger partial charge is 0.389 e. The third-order valence-corrected chi connectivity index (χ3v) is 4.01. The minimum absolute atomic E-state index is 0.0131. The summed E-state index contributed by atoms with van der Waals surface area (Å²) in [5.74, 6) is -0.0131. The van der Waals surface area contributed by atoms with Crippen molar-refractivity contribution in [3.8, 4) is 0 Å². The maximum atomic E-state index is 12.0. The average molecular weight is 292 g/mol. The molecule has 4 heteroatoms. The smallest absolute Gasteiger partial charge is 0.225 e. The summed E-state index contributed by atoms with van der Waals surface area (Å²) in [7, 11) is 0. The average Bonchev–Trinajstić information content (AvgIpc) is 2.47. The van der Waals surface area contributed by atoms with Crippen LogP contribution >= 0.6 is 0 Å². The summed E-state index contributed by atoms with van der Waals surface area (Å²) >= 11 is 0. The van der Waals surface area contributed by atoms with E-state index in [-0.39, 0.29) is 11.9 Å². The predicted molar refractivity (Wildman–Crippen MR) is 87.4 cm³/mol. The van der Waals surface area contributed by atoms with E-state index in [1.807, 2.05) is 52.0 Å². The molecule has 0 saturated carbocycles. The van der Waals surface area contributed by atoms with Crippen molar-refractivity contribution in [3.63, 3.8) is 0 Å². The number of aliphatic hydroxyl groups is 1. The molecule has 0 spiro atoms. The van der Waals surface area contributed by atoms with Crippen LogP contribution in [0.15, 0.2) is 24.3 Å². The van der Waals surface area contributed by atoms with Crippen molar-refractivity contribution in [2.24, 2.45) is 0 Å². The standard InChI is InChI=1S/C17H28N2O2/c1-5-17(21,6-2)12-18-14(4)11-16(20)19-15-10-8-7-9-13(15)3/h7-10,14,18,21H,5-6,11-12H2,1-4H3,(H,19,20). The summed E-state index contributed by atoms with van der Waals surface area (Å²) in [5, 5.41) is 16.4. The molecule has 118 valence electrons. The Kier molecular flexibility index (Phi) is 6.85. The quantitative estimate of drug-likeness (QED) is 0.690. The van der Waals surface area contributed by atoms with Gasteiger partial charge in [-0.1, -0.05) is 32.0 Å². The van der Waals surface area contributed by atoms with E-state index in [1.165, 1.54) is 0 Å². The molecule has 1 rings (SSSR count). The number of aryl methyl sites for hydroxylation is 1. The molecule has 1 aromatic rings. The van der Waals surface area contributed by atoms with Gasteiger partial charge in [-0.2, -0.15) is 0 Å². The Balaban J connectivity index is 2.43. The van der Waals surface area contributed by atoms with Crippen LogP contribution in [-0.4, -0.2) is 29.2 Å². The van der Waals surface area contributed by atoms with Crippen LogP contribution in [0.2, 0.25) is 0 Å². The first-order valence-electron chi connectivity index (χ1n) is 7.71. The van der Waals surface area contributed by atoms with Crippen LogP contribution in [0.3, 0.4) is 0 Å². The number of benzene rings is 1. The fourth-order valence-corrected chi connectivity index (χ4v) is 2.13. The second kappa shape index (κ2) is 8.15. The highest BCUT2D eigenvalue weighted by Gasteiger charge is 2.22. The summed E-state index contributed by atoms with van der Waals surface area (Å²) in [5.41, 5.74) is 1.23. The molecule has 21 heavy (non-hydrogen) atoms. The zero-order valence-corrected chi connectivity index (χ0v) is 13.6. The van der Waals surface area contributed by atoms with Gasteiger partial charge in [0, 0.05) is 24.7 Å². The lowest BCUT2D eigenvalue weighted by Crippen LogP contribution is -2.43. The van der Waals surface area contributed by atoms with E-state index in [2.05, 4.69) is 10.6 Å². The van der Waals surface area contributed by atoms with Gasteiger partial charge in [0.15, 0.2) is 0 Å². The van der Waals surface area contributed by atoms with Crippen LogP contribution in [-0.2, 0) is 4.79 Å². The maximum absolute atomic E-state index is 12.0. The topological polar surface area (TPSA) is 61.4 Å². The molecular formula is C17H28N2O2. The molecule has 3 N–H and O–H groups in total. The van der Waals surface area contributed by atoms with Gasteiger partial charge >= 0.3 is 0 Å². The molecule has 1 unspecified atom stereocenters. The van der Waals surface area contributed by atoms with Crippen LogP contribution in [0.1, 0.15) is 45.6 Å². The Labute approximate surface area is 128 Å². The molecule has 0 aliphatic heterocycles. The maximum Gasteiger partial charge on any atom is 0.225 e. The van der Waals surface area contributed by atoms with Crippen LogP contribution in [0, 0.1) is 6.92 Å². The molecule has 4 nitrogen and oxygen atoms in total. The second-order valence-electron chi connectivity index (χ2n) is 5.78. The van der Waals surface area contributed by atoms with Crippen LogP contribution in [0.4, 0.5) is 5.69 Å². The Bertz CT molecular complexity index is 456. The van der Waals surface area contributed by atoms with E-state index in [0.29, 0.717) is 25.8 Å². The lowest BCUT2D eigenvalue weighted by molar-refractivity contribution is -0.116. The molecule has 0 heterocycles. The second-order valence-corrected chi connectivity index (χ2v) is 5.78. The monoisotopic (exact) mass is 292 g/mol. The first-order valence-corrected chi connectivity index (χ1v) is 7.71. The van der Waals surface area contributed by atoms with Crippen molar-refractivity contribution in [3.05, 3.63) is 29.8 Å². The van der Waals surface area contributed by atoms with E-state index >= 15 is 0 Å². The lowest BCUT2D eigenvalue weighted by atomic mass is 9.97. The molecule has 0 aliphatic rings. The first-order chi connectivity index (χ1) is 9.90. The highest BCUT2D eigenvalue weighted by Crippen LogP contribution is 2.15. The third kappa shape index (κ3) is 5.86. The zero-order chi connectivity index (χ0) is 15.9. The number of amides is 1. The Morgan fingerprint density at radius 3 is 2.48 bits per heavy atom. The summed E-state index contributed by atoms with van der Waals surface area (Å²) in [6, 6.07) is 7.76. The molecule has 0 aromatic heterocycles. The van der Waals surface area contributed by atoms with Gasteiger partial charge in [-0.25, -0.2) is 0 Å². The normalized spacial score (nSPS) is 13.0. The molecule has 0 saturated heterocycles. The van der Waals surface area contributed by atoms with Gasteiger partial charge in [-0.05, 0) is 38.3 Å². The fourth-order valence-electron chi connectivity index (χ4n) is 2.13. The van der Waals surface area contributed by atoms with Crippen LogP contribution in [0.5, 0.6) is 0 Å². The van der Waals surface area contributed by atoms with Gasteiger partial charge in [0.05, 0.1) is 5.60 Å². The van der Waals surface area contributed by atoms with E-state index in [9.17, 15) is 9.90 Å². The van der Waals surface area contributed by atoms with Gasteiger partial charge < -0.3 is 15.7 Å². The Morgan fingerprint density at radius 2 is 1.90 bits per heavy atom. The van der Waals surface area contributed by atoms with Crippen LogP contribution in [0.25, 0.3) is 0 Å². The van der Waals surface area contributed by atoms with E-state index < -0.39 is 5.60 Å². The molecule has 1 aromatic carbocycles. The van der Waals surface area contributed by atoms with Crippen molar-refractivity contribution in [1.29, 1.82) is 0 Å². The third-order valence-electron chi connectivity index (χ3n) is 4.01. The van der Waals surface area contributed by atoms with E-state index in [0.717, 1.165) is 11.3 Å². The SMILES string of the molecule is CCC(O)(CC)CNC(C)CC(=O)Nc1ccccc1C. The number of para-hydroxylation sites is 1. The molecule has 0 bridgehead atoms. The van der Waals surface area contributed by atoms with Gasteiger partial charge in [-0.3, -0.25) is 4.79 Å². The Hall–Kier alpha value is -1.39. The van der Waals surface area contributed by atoms with Crippen molar-refractivity contribution in [2.45, 2.75) is 58.6 Å². The molecule has 1 amide bonds. The predicted octanol–water partition coefficient (Wildman–Crippen LogP) is 2.85. The number of nitrogens with one attached hydrogen (secondary N) is 2. The molecule has 0 aliphatic carbocycles. The minimum atomic E-state index is -0.680. The van der Waals surface area contributed by atoms with Crippen LogP contribution < -0.4 is 10.6 Å². The number of hydrogen-bond acceptors (Lipinski definition) is 3. The number of hydrogen-bond donors (Lipinski definition) is 3. The number of anilines is 1.